The minimum Gasteiger partial charge on any atom is -0.328 e. The Morgan fingerprint density at radius 2 is 2.08 bits per heavy atom. The second-order valence-corrected chi connectivity index (χ2v) is 4.37. The maximum atomic E-state index is 5.93. The lowest BCUT2D eigenvalue weighted by molar-refractivity contribution is 0.210. The van der Waals surface area contributed by atoms with Crippen molar-refractivity contribution >= 4 is 0 Å². The lowest BCUT2D eigenvalue weighted by Gasteiger charge is -2.26. The molecule has 1 saturated heterocycles. The summed E-state index contributed by atoms with van der Waals surface area (Å²) in [5, 5.41) is 3.44. The van der Waals surface area contributed by atoms with Crippen LogP contribution in [0.4, 0.5) is 0 Å². The van der Waals surface area contributed by atoms with Gasteiger partial charge in [0, 0.05) is 25.2 Å². The van der Waals surface area contributed by atoms with Crippen LogP contribution in [0.15, 0.2) is 0 Å². The monoisotopic (exact) mass is 183 g/mol. The average Bonchev–Trinajstić information content (AvgIpc) is 2.43. The number of nitrogens with two attached hydrogens (primary N) is 1. The van der Waals surface area contributed by atoms with Gasteiger partial charge in [0.1, 0.15) is 0 Å². The quantitative estimate of drug-likeness (QED) is 0.608. The molecule has 3 N–H and O–H groups in total. The number of rotatable bonds is 1. The Morgan fingerprint density at radius 3 is 2.85 bits per heavy atom. The predicted octanol–water partition coefficient (Wildman–Crippen LogP) is 0.162. The highest BCUT2D eigenvalue weighted by molar-refractivity contribution is 4.85. The third kappa shape index (κ3) is 2.42. The highest BCUT2D eigenvalue weighted by Gasteiger charge is 2.27. The molecular formula is C10H21N3. The molecule has 0 aromatic rings. The summed E-state index contributed by atoms with van der Waals surface area (Å²) < 4.78 is 0. The SMILES string of the molecule is NC1CCC(N2CCCNCC2)C1. The standard InChI is InChI=1S/C10H21N3/c11-9-2-3-10(8-9)13-6-1-4-12-5-7-13/h9-10,12H,1-8,11H2. The van der Waals surface area contributed by atoms with Crippen molar-refractivity contribution in [2.24, 2.45) is 5.73 Å². The van der Waals surface area contributed by atoms with Crippen LogP contribution in [0, 0.1) is 0 Å². The third-order valence-electron chi connectivity index (χ3n) is 3.34. The first kappa shape index (κ1) is 9.44. The minimum atomic E-state index is 0.473. The first-order chi connectivity index (χ1) is 6.36. The second-order valence-electron chi connectivity index (χ2n) is 4.37. The van der Waals surface area contributed by atoms with E-state index in [1.54, 1.807) is 0 Å². The molecular weight excluding hydrogens is 162 g/mol. The molecule has 2 aliphatic rings. The second kappa shape index (κ2) is 4.40. The first-order valence-electron chi connectivity index (χ1n) is 5.56. The van der Waals surface area contributed by atoms with Crippen molar-refractivity contribution in [1.29, 1.82) is 0 Å². The van der Waals surface area contributed by atoms with Gasteiger partial charge in [0.25, 0.3) is 0 Å². The largest absolute Gasteiger partial charge is 0.328 e. The van der Waals surface area contributed by atoms with E-state index in [1.165, 1.54) is 45.3 Å². The fraction of sp³-hybridized carbons (Fsp3) is 1.00. The molecule has 3 nitrogen and oxygen atoms in total. The molecule has 0 spiro atoms. The van der Waals surface area contributed by atoms with Gasteiger partial charge in [-0.25, -0.2) is 0 Å². The van der Waals surface area contributed by atoms with E-state index in [2.05, 4.69) is 10.2 Å². The topological polar surface area (TPSA) is 41.3 Å². The van der Waals surface area contributed by atoms with Crippen molar-refractivity contribution in [2.75, 3.05) is 26.2 Å². The molecule has 13 heavy (non-hydrogen) atoms. The summed E-state index contributed by atoms with van der Waals surface area (Å²) in [6.07, 6.45) is 5.07. The molecule has 2 atom stereocenters. The lowest BCUT2D eigenvalue weighted by Crippen LogP contribution is -2.37. The van der Waals surface area contributed by atoms with Gasteiger partial charge in [0.05, 0.1) is 0 Å². The van der Waals surface area contributed by atoms with E-state index in [4.69, 9.17) is 5.73 Å². The highest BCUT2D eigenvalue weighted by atomic mass is 15.2. The molecule has 3 heteroatoms. The molecule has 0 aromatic heterocycles. The van der Waals surface area contributed by atoms with Crippen LogP contribution in [0.5, 0.6) is 0 Å². The smallest absolute Gasteiger partial charge is 0.0111 e. The Kier molecular flexibility index (Phi) is 3.19. The summed E-state index contributed by atoms with van der Waals surface area (Å²) in [6.45, 7) is 4.84. The van der Waals surface area contributed by atoms with Crippen LogP contribution in [0.3, 0.4) is 0 Å². The normalized spacial score (nSPS) is 37.6. The molecule has 1 saturated carbocycles. The van der Waals surface area contributed by atoms with E-state index in [1.807, 2.05) is 0 Å². The summed E-state index contributed by atoms with van der Waals surface area (Å²) in [5.41, 5.74) is 5.93. The van der Waals surface area contributed by atoms with Crippen molar-refractivity contribution in [3.63, 3.8) is 0 Å². The lowest BCUT2D eigenvalue weighted by atomic mass is 10.2. The molecule has 1 aliphatic carbocycles. The van der Waals surface area contributed by atoms with E-state index in [9.17, 15) is 0 Å². The molecule has 0 aromatic carbocycles. The van der Waals surface area contributed by atoms with E-state index in [-0.39, 0.29) is 0 Å². The van der Waals surface area contributed by atoms with Crippen molar-refractivity contribution in [1.82, 2.24) is 10.2 Å². The summed E-state index contributed by atoms with van der Waals surface area (Å²) in [6, 6.07) is 1.26. The summed E-state index contributed by atoms with van der Waals surface area (Å²) in [5.74, 6) is 0. The Bertz CT molecular complexity index is 152. The molecule has 1 heterocycles. The van der Waals surface area contributed by atoms with Gasteiger partial charge in [-0.05, 0) is 38.8 Å². The molecule has 1 aliphatic heterocycles. The highest BCUT2D eigenvalue weighted by Crippen LogP contribution is 2.22. The molecule has 76 valence electrons. The molecule has 2 unspecified atom stereocenters. The minimum absolute atomic E-state index is 0.473. The van der Waals surface area contributed by atoms with Gasteiger partial charge < -0.3 is 11.1 Å². The van der Waals surface area contributed by atoms with E-state index >= 15 is 0 Å². The Labute approximate surface area is 80.7 Å². The number of nitrogens with one attached hydrogen (secondary N) is 1. The molecule has 2 fully saturated rings. The van der Waals surface area contributed by atoms with Crippen molar-refractivity contribution in [3.05, 3.63) is 0 Å². The van der Waals surface area contributed by atoms with E-state index in [0.717, 1.165) is 12.6 Å². The van der Waals surface area contributed by atoms with Crippen LogP contribution in [-0.2, 0) is 0 Å². The van der Waals surface area contributed by atoms with Gasteiger partial charge in [0.2, 0.25) is 0 Å². The first-order valence-corrected chi connectivity index (χ1v) is 5.56. The van der Waals surface area contributed by atoms with Crippen LogP contribution >= 0.6 is 0 Å². The number of hydrogen-bond donors (Lipinski definition) is 2. The number of nitrogens with zero attached hydrogens (tertiary/aromatic N) is 1. The maximum absolute atomic E-state index is 5.93. The molecule has 0 radical (unpaired) electrons. The van der Waals surface area contributed by atoms with Crippen molar-refractivity contribution < 1.29 is 0 Å². The van der Waals surface area contributed by atoms with E-state index < -0.39 is 0 Å². The van der Waals surface area contributed by atoms with Crippen LogP contribution in [0.1, 0.15) is 25.7 Å². The fourth-order valence-electron chi connectivity index (χ4n) is 2.56. The Morgan fingerprint density at radius 1 is 1.15 bits per heavy atom. The Balaban J connectivity index is 1.84. The molecule has 0 bridgehead atoms. The number of hydrogen-bond acceptors (Lipinski definition) is 3. The van der Waals surface area contributed by atoms with Crippen LogP contribution in [-0.4, -0.2) is 43.2 Å². The third-order valence-corrected chi connectivity index (χ3v) is 3.34. The van der Waals surface area contributed by atoms with Crippen molar-refractivity contribution in [2.45, 2.75) is 37.8 Å². The van der Waals surface area contributed by atoms with Crippen LogP contribution < -0.4 is 11.1 Å². The van der Waals surface area contributed by atoms with Gasteiger partial charge in [-0.3, -0.25) is 4.90 Å². The van der Waals surface area contributed by atoms with Gasteiger partial charge >= 0.3 is 0 Å². The zero-order valence-electron chi connectivity index (χ0n) is 8.34. The predicted molar refractivity (Wildman–Crippen MR) is 54.7 cm³/mol. The fourth-order valence-corrected chi connectivity index (χ4v) is 2.56. The summed E-state index contributed by atoms with van der Waals surface area (Å²) in [4.78, 5) is 2.63. The van der Waals surface area contributed by atoms with Gasteiger partial charge in [-0.2, -0.15) is 0 Å². The van der Waals surface area contributed by atoms with Crippen LogP contribution in [0.25, 0.3) is 0 Å². The molecule has 0 amide bonds. The zero-order valence-corrected chi connectivity index (χ0v) is 8.34. The van der Waals surface area contributed by atoms with Crippen molar-refractivity contribution in [3.8, 4) is 0 Å². The summed E-state index contributed by atoms with van der Waals surface area (Å²) >= 11 is 0. The zero-order chi connectivity index (χ0) is 9.10. The maximum Gasteiger partial charge on any atom is 0.0111 e. The molecule has 2 rings (SSSR count). The van der Waals surface area contributed by atoms with Crippen LogP contribution in [0.2, 0.25) is 0 Å². The van der Waals surface area contributed by atoms with Gasteiger partial charge in [-0.1, -0.05) is 0 Å². The van der Waals surface area contributed by atoms with Gasteiger partial charge in [0.15, 0.2) is 0 Å². The summed E-state index contributed by atoms with van der Waals surface area (Å²) in [7, 11) is 0. The van der Waals surface area contributed by atoms with Gasteiger partial charge in [-0.15, -0.1) is 0 Å². The van der Waals surface area contributed by atoms with E-state index in [0.29, 0.717) is 6.04 Å². The average molecular weight is 183 g/mol. The Hall–Kier alpha value is -0.120.